The van der Waals surface area contributed by atoms with E-state index in [2.05, 4.69) is 15.5 Å². The van der Waals surface area contributed by atoms with E-state index >= 15 is 0 Å². The topological polar surface area (TPSA) is 85.5 Å². The highest BCUT2D eigenvalue weighted by Gasteiger charge is 2.14. The van der Waals surface area contributed by atoms with Gasteiger partial charge in [-0.25, -0.2) is 0 Å². The fraction of sp³-hybridized carbons (Fsp3) is 0.222. The number of aromatic amines is 1. The van der Waals surface area contributed by atoms with Crippen molar-refractivity contribution >= 4 is 22.6 Å². The lowest BCUT2D eigenvalue weighted by Crippen LogP contribution is -2.17. The van der Waals surface area contributed by atoms with Gasteiger partial charge in [-0.2, -0.15) is 5.10 Å². The van der Waals surface area contributed by atoms with Crippen LogP contribution < -0.4 is 19.5 Å². The molecule has 3 aromatic rings. The number of hydrogen-bond donors (Lipinski definition) is 2. The molecule has 0 aliphatic carbocycles. The quantitative estimate of drug-likeness (QED) is 0.763. The average molecular weight is 339 g/mol. The number of nitrogens with one attached hydrogen (secondary N) is 2. The molecule has 0 fully saturated rings. The van der Waals surface area contributed by atoms with Crippen molar-refractivity contribution < 1.29 is 19.0 Å². The maximum absolute atomic E-state index is 12.4. The highest BCUT2D eigenvalue weighted by atomic mass is 16.6. The Morgan fingerprint density at radius 1 is 1.20 bits per heavy atom. The van der Waals surface area contributed by atoms with Gasteiger partial charge in [-0.05, 0) is 29.8 Å². The van der Waals surface area contributed by atoms with Crippen LogP contribution in [-0.4, -0.2) is 36.4 Å². The lowest BCUT2D eigenvalue weighted by Gasteiger charge is -2.18. The van der Waals surface area contributed by atoms with Crippen LogP contribution in [0.15, 0.2) is 36.4 Å². The number of H-pyrrole nitrogens is 1. The van der Waals surface area contributed by atoms with Crippen molar-refractivity contribution in [3.63, 3.8) is 0 Å². The van der Waals surface area contributed by atoms with Crippen LogP contribution in [0.4, 0.5) is 5.82 Å². The minimum Gasteiger partial charge on any atom is -0.497 e. The number of carbonyl (C=O) groups is 1. The van der Waals surface area contributed by atoms with Crippen LogP contribution in [0.5, 0.6) is 17.2 Å². The van der Waals surface area contributed by atoms with Gasteiger partial charge < -0.3 is 19.5 Å². The Morgan fingerprint density at radius 2 is 2.04 bits per heavy atom. The van der Waals surface area contributed by atoms with Gasteiger partial charge in [0.25, 0.3) is 0 Å². The fourth-order valence-electron chi connectivity index (χ4n) is 2.78. The van der Waals surface area contributed by atoms with Crippen LogP contribution in [0.1, 0.15) is 5.56 Å². The second-order valence-electron chi connectivity index (χ2n) is 5.69. The first-order chi connectivity index (χ1) is 12.2. The summed E-state index contributed by atoms with van der Waals surface area (Å²) in [5.41, 5.74) is 1.65. The van der Waals surface area contributed by atoms with E-state index in [4.69, 9.17) is 14.2 Å². The summed E-state index contributed by atoms with van der Waals surface area (Å²) in [5.74, 6) is 2.46. The van der Waals surface area contributed by atoms with Gasteiger partial charge in [0.05, 0.1) is 19.0 Å². The summed E-state index contributed by atoms with van der Waals surface area (Å²) in [5, 5.41) is 10.7. The molecule has 1 amide bonds. The molecule has 0 spiro atoms. The number of benzene rings is 2. The third-order valence-electron chi connectivity index (χ3n) is 4.00. The first-order valence-corrected chi connectivity index (χ1v) is 7.93. The Hall–Kier alpha value is -3.22. The number of nitrogens with zero attached hydrogens (tertiary/aromatic N) is 1. The predicted molar refractivity (Wildman–Crippen MR) is 92.4 cm³/mol. The minimum absolute atomic E-state index is 0.152. The maximum atomic E-state index is 12.4. The van der Waals surface area contributed by atoms with Crippen molar-refractivity contribution in [3.05, 3.63) is 42.0 Å². The van der Waals surface area contributed by atoms with Crippen LogP contribution in [-0.2, 0) is 11.2 Å². The summed E-state index contributed by atoms with van der Waals surface area (Å²) >= 11 is 0. The number of anilines is 1. The number of amides is 1. The summed E-state index contributed by atoms with van der Waals surface area (Å²) in [6, 6.07) is 11.0. The summed E-state index contributed by atoms with van der Waals surface area (Å²) in [6.45, 7) is 1.06. The first-order valence-electron chi connectivity index (χ1n) is 7.93. The van der Waals surface area contributed by atoms with Crippen molar-refractivity contribution in [1.82, 2.24) is 10.2 Å². The number of rotatable bonds is 4. The van der Waals surface area contributed by atoms with Gasteiger partial charge in [0.2, 0.25) is 5.91 Å². The van der Waals surface area contributed by atoms with Crippen LogP contribution in [0.3, 0.4) is 0 Å². The van der Waals surface area contributed by atoms with Gasteiger partial charge in [-0.3, -0.25) is 9.89 Å². The number of methoxy groups -OCH3 is 1. The Bertz CT molecular complexity index is 935. The number of carbonyl (C=O) groups excluding carboxylic acids is 1. The maximum Gasteiger partial charge on any atom is 0.230 e. The summed E-state index contributed by atoms with van der Waals surface area (Å²) in [7, 11) is 1.60. The van der Waals surface area contributed by atoms with Crippen molar-refractivity contribution in [1.29, 1.82) is 0 Å². The van der Waals surface area contributed by atoms with Crippen LogP contribution in [0.25, 0.3) is 10.9 Å². The molecule has 2 heterocycles. The molecule has 1 aromatic heterocycles. The standard InChI is InChI=1S/C18H17N3O4/c1-23-12-3-4-13-14(10-12)20-21-18(13)19-17(22)9-11-2-5-15-16(8-11)25-7-6-24-15/h2-5,8,10H,6-7,9H2,1H3,(H2,19,20,21,22). The number of hydrogen-bond acceptors (Lipinski definition) is 5. The Morgan fingerprint density at radius 3 is 2.88 bits per heavy atom. The average Bonchev–Trinajstić information content (AvgIpc) is 3.03. The van der Waals surface area contributed by atoms with Crippen LogP contribution in [0.2, 0.25) is 0 Å². The third kappa shape index (κ3) is 3.08. The van der Waals surface area contributed by atoms with E-state index in [9.17, 15) is 4.79 Å². The van der Waals surface area contributed by atoms with Gasteiger partial charge in [0.15, 0.2) is 17.3 Å². The molecule has 128 valence electrons. The van der Waals surface area contributed by atoms with E-state index in [1.807, 2.05) is 36.4 Å². The van der Waals surface area contributed by atoms with E-state index in [1.165, 1.54) is 0 Å². The molecular formula is C18H17N3O4. The number of ether oxygens (including phenoxy) is 3. The van der Waals surface area contributed by atoms with E-state index in [-0.39, 0.29) is 12.3 Å². The zero-order valence-corrected chi connectivity index (χ0v) is 13.7. The molecule has 4 rings (SSSR count). The molecule has 0 saturated heterocycles. The minimum atomic E-state index is -0.152. The number of fused-ring (bicyclic) bond motifs is 2. The summed E-state index contributed by atoms with van der Waals surface area (Å²) in [4.78, 5) is 12.4. The Labute approximate surface area is 143 Å². The van der Waals surface area contributed by atoms with Gasteiger partial charge in [0, 0.05) is 11.5 Å². The van der Waals surface area contributed by atoms with Gasteiger partial charge in [-0.1, -0.05) is 6.07 Å². The zero-order chi connectivity index (χ0) is 17.2. The molecule has 25 heavy (non-hydrogen) atoms. The molecule has 7 nitrogen and oxygen atoms in total. The molecule has 2 aromatic carbocycles. The normalized spacial score (nSPS) is 12.8. The third-order valence-corrected chi connectivity index (χ3v) is 4.00. The molecule has 0 atom stereocenters. The van der Waals surface area contributed by atoms with Crippen molar-refractivity contribution in [2.24, 2.45) is 0 Å². The first kappa shape index (κ1) is 15.3. The molecule has 0 saturated carbocycles. The Kier molecular flexibility index (Phi) is 3.89. The molecular weight excluding hydrogens is 322 g/mol. The number of aromatic nitrogens is 2. The second kappa shape index (κ2) is 6.35. The molecule has 1 aliphatic heterocycles. The second-order valence-corrected chi connectivity index (χ2v) is 5.69. The van der Waals surface area contributed by atoms with Gasteiger partial charge in [-0.15, -0.1) is 0 Å². The summed E-state index contributed by atoms with van der Waals surface area (Å²) in [6.07, 6.45) is 0.223. The lowest BCUT2D eigenvalue weighted by molar-refractivity contribution is -0.115. The molecule has 0 radical (unpaired) electrons. The lowest BCUT2D eigenvalue weighted by atomic mass is 10.1. The van der Waals surface area contributed by atoms with Crippen LogP contribution in [0, 0.1) is 0 Å². The van der Waals surface area contributed by atoms with Crippen LogP contribution >= 0.6 is 0 Å². The summed E-state index contributed by atoms with van der Waals surface area (Å²) < 4.78 is 16.2. The molecule has 1 aliphatic rings. The predicted octanol–water partition coefficient (Wildman–Crippen LogP) is 2.52. The van der Waals surface area contributed by atoms with Crippen molar-refractivity contribution in [3.8, 4) is 17.2 Å². The van der Waals surface area contributed by atoms with E-state index in [0.29, 0.717) is 30.5 Å². The fourth-order valence-corrected chi connectivity index (χ4v) is 2.78. The largest absolute Gasteiger partial charge is 0.497 e. The Balaban J connectivity index is 1.49. The molecule has 0 unspecified atom stereocenters. The molecule has 7 heteroatoms. The molecule has 0 bridgehead atoms. The highest BCUT2D eigenvalue weighted by molar-refractivity contribution is 6.00. The zero-order valence-electron chi connectivity index (χ0n) is 13.7. The van der Waals surface area contributed by atoms with Gasteiger partial charge >= 0.3 is 0 Å². The van der Waals surface area contributed by atoms with E-state index in [0.717, 1.165) is 22.2 Å². The van der Waals surface area contributed by atoms with E-state index in [1.54, 1.807) is 7.11 Å². The SMILES string of the molecule is COc1ccc2c(NC(=O)Cc3ccc4c(c3)OCCO4)n[nH]c2c1. The molecule has 2 N–H and O–H groups in total. The van der Waals surface area contributed by atoms with Crippen molar-refractivity contribution in [2.45, 2.75) is 6.42 Å². The van der Waals surface area contributed by atoms with E-state index < -0.39 is 0 Å². The van der Waals surface area contributed by atoms with Gasteiger partial charge in [0.1, 0.15) is 19.0 Å². The smallest absolute Gasteiger partial charge is 0.230 e. The highest BCUT2D eigenvalue weighted by Crippen LogP contribution is 2.31. The monoisotopic (exact) mass is 339 g/mol. The van der Waals surface area contributed by atoms with Crippen molar-refractivity contribution in [2.75, 3.05) is 25.6 Å².